The number of aromatic amines is 1. The Balaban J connectivity index is 1.27. The van der Waals surface area contributed by atoms with Crippen LogP contribution in [0.25, 0.3) is 0 Å². The van der Waals surface area contributed by atoms with E-state index in [1.54, 1.807) is 6.33 Å². The standard InChI is InChI=1S/C26H33N7/c1-3-11-23(12-4-1)15-7-9-17-32(19-25-27-21-28-30-25)20-26-31-29-22-33(26)18-10-8-16-24-13-5-2-6-14-24/h1-6,11-14,21-22H,7-10,15-20H2,(H,27,28,30). The Morgan fingerprint density at radius 3 is 2.15 bits per heavy atom. The zero-order valence-corrected chi connectivity index (χ0v) is 19.2. The van der Waals surface area contributed by atoms with Crippen molar-refractivity contribution in [2.75, 3.05) is 6.54 Å². The predicted octanol–water partition coefficient (Wildman–Crippen LogP) is 4.44. The fraction of sp³-hybridized carbons (Fsp3) is 0.385. The van der Waals surface area contributed by atoms with Crippen molar-refractivity contribution in [1.82, 2.24) is 34.8 Å². The Morgan fingerprint density at radius 1 is 0.788 bits per heavy atom. The summed E-state index contributed by atoms with van der Waals surface area (Å²) >= 11 is 0. The molecule has 0 aliphatic rings. The fourth-order valence-electron chi connectivity index (χ4n) is 4.09. The first-order valence-electron chi connectivity index (χ1n) is 11.9. The van der Waals surface area contributed by atoms with Gasteiger partial charge in [-0.15, -0.1) is 10.2 Å². The first-order valence-corrected chi connectivity index (χ1v) is 11.9. The number of unbranched alkanes of at least 4 members (excludes halogenated alkanes) is 2. The summed E-state index contributed by atoms with van der Waals surface area (Å²) in [5, 5.41) is 15.6. The maximum absolute atomic E-state index is 4.42. The first kappa shape index (κ1) is 22.9. The minimum absolute atomic E-state index is 0.728. The molecule has 2 aromatic carbocycles. The maximum Gasteiger partial charge on any atom is 0.147 e. The molecule has 2 aromatic heterocycles. The largest absolute Gasteiger partial charge is 0.317 e. The molecule has 0 bridgehead atoms. The number of benzene rings is 2. The van der Waals surface area contributed by atoms with E-state index in [-0.39, 0.29) is 0 Å². The highest BCUT2D eigenvalue weighted by atomic mass is 15.3. The van der Waals surface area contributed by atoms with Gasteiger partial charge in [0.05, 0.1) is 13.1 Å². The minimum atomic E-state index is 0.728. The first-order chi connectivity index (χ1) is 16.4. The molecule has 0 unspecified atom stereocenters. The molecule has 172 valence electrons. The van der Waals surface area contributed by atoms with Gasteiger partial charge in [-0.3, -0.25) is 10.00 Å². The molecule has 7 nitrogen and oxygen atoms in total. The highest BCUT2D eigenvalue weighted by Gasteiger charge is 2.13. The van der Waals surface area contributed by atoms with Crippen LogP contribution < -0.4 is 0 Å². The Morgan fingerprint density at radius 2 is 1.48 bits per heavy atom. The van der Waals surface area contributed by atoms with E-state index in [1.807, 2.05) is 6.33 Å². The molecule has 0 spiro atoms. The third-order valence-corrected chi connectivity index (χ3v) is 5.89. The lowest BCUT2D eigenvalue weighted by Crippen LogP contribution is -2.26. The molecule has 0 radical (unpaired) electrons. The Hall–Kier alpha value is -3.32. The van der Waals surface area contributed by atoms with E-state index in [1.165, 1.54) is 11.1 Å². The van der Waals surface area contributed by atoms with E-state index in [4.69, 9.17) is 0 Å². The second-order valence-electron chi connectivity index (χ2n) is 8.47. The molecule has 4 rings (SSSR count). The third-order valence-electron chi connectivity index (χ3n) is 5.89. The van der Waals surface area contributed by atoms with Gasteiger partial charge in [0.1, 0.15) is 24.3 Å². The Labute approximate surface area is 195 Å². The lowest BCUT2D eigenvalue weighted by Gasteiger charge is -2.21. The average Bonchev–Trinajstić information content (AvgIpc) is 3.53. The number of hydrogen-bond donors (Lipinski definition) is 1. The van der Waals surface area contributed by atoms with Crippen LogP contribution in [0.2, 0.25) is 0 Å². The predicted molar refractivity (Wildman–Crippen MR) is 129 cm³/mol. The number of aryl methyl sites for hydroxylation is 3. The summed E-state index contributed by atoms with van der Waals surface area (Å²) in [6.45, 7) is 3.41. The summed E-state index contributed by atoms with van der Waals surface area (Å²) < 4.78 is 2.20. The molecule has 1 N–H and O–H groups in total. The summed E-state index contributed by atoms with van der Waals surface area (Å²) in [6, 6.07) is 21.4. The van der Waals surface area contributed by atoms with Crippen molar-refractivity contribution < 1.29 is 0 Å². The zero-order chi connectivity index (χ0) is 22.6. The molecular formula is C26H33N7. The van der Waals surface area contributed by atoms with E-state index >= 15 is 0 Å². The fourth-order valence-corrected chi connectivity index (χ4v) is 4.09. The van der Waals surface area contributed by atoms with Crippen LogP contribution in [0.15, 0.2) is 73.3 Å². The van der Waals surface area contributed by atoms with Gasteiger partial charge >= 0.3 is 0 Å². The number of nitrogens with one attached hydrogen (secondary N) is 1. The average molecular weight is 444 g/mol. The molecule has 0 saturated heterocycles. The minimum Gasteiger partial charge on any atom is -0.317 e. The quantitative estimate of drug-likeness (QED) is 0.292. The molecule has 4 aromatic rings. The highest BCUT2D eigenvalue weighted by Crippen LogP contribution is 2.11. The molecule has 0 saturated carbocycles. The maximum atomic E-state index is 4.42. The zero-order valence-electron chi connectivity index (χ0n) is 19.2. The molecule has 0 fully saturated rings. The summed E-state index contributed by atoms with van der Waals surface area (Å²) in [5.41, 5.74) is 2.80. The van der Waals surface area contributed by atoms with Crippen molar-refractivity contribution in [3.63, 3.8) is 0 Å². The summed E-state index contributed by atoms with van der Waals surface area (Å²) in [6.07, 6.45) is 10.2. The van der Waals surface area contributed by atoms with Crippen molar-refractivity contribution in [1.29, 1.82) is 0 Å². The molecule has 33 heavy (non-hydrogen) atoms. The molecule has 0 amide bonds. The van der Waals surface area contributed by atoms with Gasteiger partial charge in [-0.25, -0.2) is 4.98 Å². The summed E-state index contributed by atoms with van der Waals surface area (Å²) in [4.78, 5) is 6.71. The lowest BCUT2D eigenvalue weighted by molar-refractivity contribution is 0.235. The van der Waals surface area contributed by atoms with Crippen molar-refractivity contribution in [3.05, 3.63) is 96.1 Å². The summed E-state index contributed by atoms with van der Waals surface area (Å²) in [5.74, 6) is 1.89. The molecule has 0 aliphatic carbocycles. The topological polar surface area (TPSA) is 75.5 Å². The van der Waals surface area contributed by atoms with E-state index in [0.717, 1.165) is 76.4 Å². The second kappa shape index (κ2) is 12.6. The van der Waals surface area contributed by atoms with E-state index in [2.05, 4.69) is 95.5 Å². The van der Waals surface area contributed by atoms with Crippen LogP contribution in [-0.2, 0) is 32.5 Å². The van der Waals surface area contributed by atoms with Gasteiger partial charge in [-0.05, 0) is 56.2 Å². The Kier molecular flexibility index (Phi) is 8.76. The van der Waals surface area contributed by atoms with Crippen molar-refractivity contribution in [3.8, 4) is 0 Å². The van der Waals surface area contributed by atoms with E-state index < -0.39 is 0 Å². The van der Waals surface area contributed by atoms with Crippen molar-refractivity contribution >= 4 is 0 Å². The smallest absolute Gasteiger partial charge is 0.147 e. The van der Waals surface area contributed by atoms with Gasteiger partial charge in [0.25, 0.3) is 0 Å². The van der Waals surface area contributed by atoms with Gasteiger partial charge in [0.15, 0.2) is 0 Å². The van der Waals surface area contributed by atoms with Crippen LogP contribution in [0.1, 0.15) is 48.5 Å². The lowest BCUT2D eigenvalue weighted by atomic mass is 10.1. The molecular weight excluding hydrogens is 410 g/mol. The van der Waals surface area contributed by atoms with Crippen molar-refractivity contribution in [2.45, 2.75) is 58.2 Å². The normalized spacial score (nSPS) is 11.3. The van der Waals surface area contributed by atoms with E-state index in [0.29, 0.717) is 0 Å². The Bertz CT molecular complexity index is 1030. The van der Waals surface area contributed by atoms with Gasteiger partial charge in [-0.1, -0.05) is 60.7 Å². The van der Waals surface area contributed by atoms with Gasteiger partial charge in [0.2, 0.25) is 0 Å². The van der Waals surface area contributed by atoms with Gasteiger partial charge < -0.3 is 4.57 Å². The number of H-pyrrole nitrogens is 1. The number of nitrogens with zero attached hydrogens (tertiary/aromatic N) is 6. The van der Waals surface area contributed by atoms with Crippen LogP contribution in [0.4, 0.5) is 0 Å². The van der Waals surface area contributed by atoms with Crippen LogP contribution in [0.5, 0.6) is 0 Å². The van der Waals surface area contributed by atoms with Gasteiger partial charge in [0, 0.05) is 6.54 Å². The molecule has 2 heterocycles. The van der Waals surface area contributed by atoms with Crippen LogP contribution in [0, 0.1) is 0 Å². The van der Waals surface area contributed by atoms with Gasteiger partial charge in [-0.2, -0.15) is 5.10 Å². The van der Waals surface area contributed by atoms with Crippen LogP contribution in [0.3, 0.4) is 0 Å². The molecule has 0 aliphatic heterocycles. The third kappa shape index (κ3) is 7.64. The number of hydrogen-bond acceptors (Lipinski definition) is 5. The monoisotopic (exact) mass is 443 g/mol. The number of rotatable bonds is 14. The van der Waals surface area contributed by atoms with Crippen molar-refractivity contribution in [2.24, 2.45) is 0 Å². The highest BCUT2D eigenvalue weighted by molar-refractivity contribution is 5.15. The van der Waals surface area contributed by atoms with Crippen LogP contribution >= 0.6 is 0 Å². The molecule has 0 atom stereocenters. The number of aromatic nitrogens is 6. The SMILES string of the molecule is c1ccc(CCCCN(Cc2ncn[nH]2)Cc2nncn2CCCCc2ccccc2)cc1. The molecule has 7 heteroatoms. The second-order valence-corrected chi connectivity index (χ2v) is 8.47. The van der Waals surface area contributed by atoms with E-state index in [9.17, 15) is 0 Å². The van der Waals surface area contributed by atoms with Crippen LogP contribution in [-0.4, -0.2) is 41.4 Å². The summed E-state index contributed by atoms with van der Waals surface area (Å²) in [7, 11) is 0.